The van der Waals surface area contributed by atoms with Gasteiger partial charge >= 0.3 is 5.97 Å². The number of esters is 1. The Hall–Kier alpha value is -3.74. The first kappa shape index (κ1) is 22.5. The molecule has 8 rings (SSSR count). The fourth-order valence-electron chi connectivity index (χ4n) is 7.39. The Morgan fingerprint density at radius 1 is 0.865 bits per heavy atom. The second-order valence-electron chi connectivity index (χ2n) is 11.2. The molecule has 2 aliphatic heterocycles. The number of rotatable bonds is 4. The lowest BCUT2D eigenvalue weighted by atomic mass is 9.63. The molecule has 2 aromatic carbocycles. The number of benzene rings is 2. The van der Waals surface area contributed by atoms with Crippen molar-refractivity contribution in [3.63, 3.8) is 0 Å². The first-order chi connectivity index (χ1) is 17.8. The highest BCUT2D eigenvalue weighted by atomic mass is 16.5. The molecule has 0 N–H and O–H groups in total. The zero-order valence-electron chi connectivity index (χ0n) is 20.8. The van der Waals surface area contributed by atoms with E-state index in [9.17, 15) is 19.2 Å². The van der Waals surface area contributed by atoms with Gasteiger partial charge in [0.1, 0.15) is 5.75 Å². The van der Waals surface area contributed by atoms with Gasteiger partial charge in [0.2, 0.25) is 17.7 Å². The number of ether oxygens (including phenoxy) is 1. The molecule has 2 aromatic rings. The quantitative estimate of drug-likeness (QED) is 0.278. The third-order valence-corrected chi connectivity index (χ3v) is 9.14. The van der Waals surface area contributed by atoms with Gasteiger partial charge < -0.3 is 9.64 Å². The molecule has 0 spiro atoms. The fourth-order valence-corrected chi connectivity index (χ4v) is 7.39. The molecule has 0 unspecified atom stereocenters. The molecule has 7 atom stereocenters. The van der Waals surface area contributed by atoms with Crippen LogP contribution in [0.1, 0.15) is 24.0 Å². The number of para-hydroxylation sites is 1. The molecule has 4 fully saturated rings. The van der Waals surface area contributed by atoms with E-state index in [1.165, 1.54) is 4.90 Å². The van der Waals surface area contributed by atoms with Crippen molar-refractivity contribution in [1.82, 2.24) is 0 Å². The van der Waals surface area contributed by atoms with Crippen molar-refractivity contribution < 1.29 is 23.9 Å². The Kier molecular flexibility index (Phi) is 4.78. The highest BCUT2D eigenvalue weighted by Gasteiger charge is 2.67. The zero-order chi connectivity index (χ0) is 25.6. The van der Waals surface area contributed by atoms with Crippen LogP contribution >= 0.6 is 0 Å². The van der Waals surface area contributed by atoms with Crippen molar-refractivity contribution in [2.75, 3.05) is 16.3 Å². The maximum atomic E-state index is 13.3. The molecule has 188 valence electrons. The van der Waals surface area contributed by atoms with Gasteiger partial charge in [0.15, 0.2) is 0 Å². The van der Waals surface area contributed by atoms with Gasteiger partial charge in [-0.3, -0.25) is 24.1 Å². The van der Waals surface area contributed by atoms with Crippen LogP contribution in [0.25, 0.3) is 0 Å². The van der Waals surface area contributed by atoms with Gasteiger partial charge in [0, 0.05) is 18.7 Å². The molecule has 2 bridgehead atoms. The first-order valence-corrected chi connectivity index (χ1v) is 13.1. The summed E-state index contributed by atoms with van der Waals surface area (Å²) in [6.45, 7) is 4.19. The Bertz CT molecular complexity index is 1340. The number of imide groups is 1. The number of carbonyl (C=O) groups excluding carboxylic acids is 4. The fraction of sp³-hybridized carbons (Fsp3) is 0.400. The number of anilines is 2. The minimum Gasteiger partial charge on any atom is -0.426 e. The van der Waals surface area contributed by atoms with Crippen LogP contribution in [0, 0.1) is 55.3 Å². The summed E-state index contributed by atoms with van der Waals surface area (Å²) in [6, 6.07) is 12.4. The van der Waals surface area contributed by atoms with Crippen molar-refractivity contribution >= 4 is 35.1 Å². The summed E-state index contributed by atoms with van der Waals surface area (Å²) < 4.78 is 5.61. The SMILES string of the molecule is Cc1cccc(C)c1N1C[C@H](C(=O)Oc2ccc(N3C(=O)[C@@H]4[C@H]5C=C[C@@H]([C@@H]6C[C@H]56)[C@H]4C3=O)cc2)CC1=O. The van der Waals surface area contributed by atoms with E-state index in [0.29, 0.717) is 23.3 Å². The number of amides is 3. The van der Waals surface area contributed by atoms with Gasteiger partial charge in [0.25, 0.3) is 0 Å². The topological polar surface area (TPSA) is 84.0 Å². The lowest BCUT2D eigenvalue weighted by Gasteiger charge is -2.37. The predicted molar refractivity (Wildman–Crippen MR) is 136 cm³/mol. The molecule has 3 amide bonds. The van der Waals surface area contributed by atoms with E-state index < -0.39 is 11.9 Å². The Morgan fingerprint density at radius 2 is 1.46 bits per heavy atom. The summed E-state index contributed by atoms with van der Waals surface area (Å²) in [5.74, 6) is -0.0348. The van der Waals surface area contributed by atoms with Gasteiger partial charge in [-0.25, -0.2) is 0 Å². The predicted octanol–water partition coefficient (Wildman–Crippen LogP) is 3.82. The molecule has 2 saturated carbocycles. The van der Waals surface area contributed by atoms with Crippen LogP contribution in [-0.2, 0) is 19.2 Å². The molecule has 0 radical (unpaired) electrons. The minimum absolute atomic E-state index is 0.0942. The molecule has 7 nitrogen and oxygen atoms in total. The summed E-state index contributed by atoms with van der Waals surface area (Å²) in [5, 5.41) is 0. The standard InChI is InChI=1S/C30H28N2O5/c1-15-4-3-5-16(2)27(15)31-14-17(12-24(31)33)30(36)37-19-8-6-18(7-9-19)32-28(34)25-20-10-11-21(23-13-22(20)23)26(25)29(32)35/h3-11,17,20-23,25-26H,12-14H2,1-2H3/t17-,20+,21+,22-,23+,25-,26-/m1/s1. The zero-order valence-corrected chi connectivity index (χ0v) is 20.8. The van der Waals surface area contributed by atoms with E-state index in [1.807, 2.05) is 32.0 Å². The van der Waals surface area contributed by atoms with E-state index >= 15 is 0 Å². The van der Waals surface area contributed by atoms with Gasteiger partial charge in [-0.05, 0) is 79.3 Å². The van der Waals surface area contributed by atoms with E-state index in [2.05, 4.69) is 12.2 Å². The van der Waals surface area contributed by atoms with Gasteiger partial charge in [-0.1, -0.05) is 30.4 Å². The summed E-state index contributed by atoms with van der Waals surface area (Å²) in [4.78, 5) is 55.3. The molecular formula is C30H28N2O5. The van der Waals surface area contributed by atoms with Crippen LogP contribution in [0.4, 0.5) is 11.4 Å². The van der Waals surface area contributed by atoms with Crippen molar-refractivity contribution in [2.45, 2.75) is 26.7 Å². The molecule has 2 saturated heterocycles. The van der Waals surface area contributed by atoms with Gasteiger partial charge in [-0.2, -0.15) is 0 Å². The van der Waals surface area contributed by atoms with Crippen LogP contribution < -0.4 is 14.5 Å². The summed E-state index contributed by atoms with van der Waals surface area (Å²) >= 11 is 0. The highest BCUT2D eigenvalue weighted by molar-refractivity contribution is 6.22. The summed E-state index contributed by atoms with van der Waals surface area (Å²) in [6.07, 6.45) is 5.55. The molecule has 2 heterocycles. The third kappa shape index (κ3) is 3.26. The van der Waals surface area contributed by atoms with Crippen LogP contribution in [0.2, 0.25) is 0 Å². The number of nitrogens with zero attached hydrogens (tertiary/aromatic N) is 2. The molecule has 37 heavy (non-hydrogen) atoms. The highest BCUT2D eigenvalue weighted by Crippen LogP contribution is 2.65. The number of aryl methyl sites for hydroxylation is 2. The van der Waals surface area contributed by atoms with Crippen LogP contribution in [-0.4, -0.2) is 30.2 Å². The van der Waals surface area contributed by atoms with Gasteiger partial charge in [-0.15, -0.1) is 0 Å². The van der Waals surface area contributed by atoms with Crippen molar-refractivity contribution in [1.29, 1.82) is 0 Å². The Labute approximate surface area is 215 Å². The van der Waals surface area contributed by atoms with Crippen molar-refractivity contribution in [2.24, 2.45) is 41.4 Å². The number of hydrogen-bond donors (Lipinski definition) is 0. The molecule has 0 aromatic heterocycles. The van der Waals surface area contributed by atoms with E-state index in [0.717, 1.165) is 23.2 Å². The average Bonchev–Trinajstić information content (AvgIpc) is 3.56. The van der Waals surface area contributed by atoms with Crippen LogP contribution in [0.15, 0.2) is 54.6 Å². The van der Waals surface area contributed by atoms with E-state index in [4.69, 9.17) is 4.74 Å². The first-order valence-electron chi connectivity index (χ1n) is 13.1. The summed E-state index contributed by atoms with van der Waals surface area (Å²) in [5.41, 5.74) is 3.34. The van der Waals surface area contributed by atoms with Crippen LogP contribution in [0.3, 0.4) is 0 Å². The second-order valence-corrected chi connectivity index (χ2v) is 11.2. The third-order valence-electron chi connectivity index (χ3n) is 9.14. The average molecular weight is 497 g/mol. The smallest absolute Gasteiger partial charge is 0.316 e. The lowest BCUT2D eigenvalue weighted by Crippen LogP contribution is -2.40. The lowest BCUT2D eigenvalue weighted by molar-refractivity contribution is -0.139. The molecule has 7 heteroatoms. The normalized spacial score (nSPS) is 33.1. The van der Waals surface area contributed by atoms with Gasteiger partial charge in [0.05, 0.1) is 23.4 Å². The number of carbonyl (C=O) groups is 4. The number of allylic oxidation sites excluding steroid dienone is 2. The molecular weight excluding hydrogens is 468 g/mol. The van der Waals surface area contributed by atoms with E-state index in [1.54, 1.807) is 29.2 Å². The molecule has 6 aliphatic rings. The number of hydrogen-bond acceptors (Lipinski definition) is 5. The Balaban J connectivity index is 1.04. The maximum absolute atomic E-state index is 13.3. The Morgan fingerprint density at radius 3 is 2.05 bits per heavy atom. The summed E-state index contributed by atoms with van der Waals surface area (Å²) in [7, 11) is 0. The van der Waals surface area contributed by atoms with Crippen LogP contribution in [0.5, 0.6) is 5.75 Å². The van der Waals surface area contributed by atoms with Crippen molar-refractivity contribution in [3.8, 4) is 5.75 Å². The van der Waals surface area contributed by atoms with Crippen molar-refractivity contribution in [3.05, 3.63) is 65.7 Å². The van der Waals surface area contributed by atoms with E-state index in [-0.39, 0.29) is 54.4 Å². The second kappa shape index (κ2) is 7.88. The largest absolute Gasteiger partial charge is 0.426 e. The monoisotopic (exact) mass is 496 g/mol. The maximum Gasteiger partial charge on any atom is 0.316 e. The minimum atomic E-state index is -0.564. The molecule has 4 aliphatic carbocycles.